The number of carbonyl (C=O) groups is 1. The van der Waals surface area contributed by atoms with Crippen molar-refractivity contribution in [3.05, 3.63) is 23.2 Å². The normalized spacial score (nSPS) is 14.1. The third-order valence-electron chi connectivity index (χ3n) is 3.59. The Morgan fingerprint density at radius 2 is 2.10 bits per heavy atom. The lowest BCUT2D eigenvalue weighted by Gasteiger charge is -2.26. The summed E-state index contributed by atoms with van der Waals surface area (Å²) in [5.41, 5.74) is 6.80. The van der Waals surface area contributed by atoms with Gasteiger partial charge in [0.2, 0.25) is 5.91 Å². The molecule has 2 atom stereocenters. The van der Waals surface area contributed by atoms with Crippen LogP contribution in [0.1, 0.15) is 27.2 Å². The topological polar surface area (TPSA) is 58.4 Å². The molecule has 0 aliphatic heterocycles. The van der Waals surface area contributed by atoms with Gasteiger partial charge in [-0.3, -0.25) is 9.69 Å². The van der Waals surface area contributed by atoms with E-state index in [4.69, 9.17) is 17.3 Å². The molecule has 0 aliphatic carbocycles. The summed E-state index contributed by atoms with van der Waals surface area (Å²) in [6.45, 7) is 7.11. The molecule has 0 fully saturated rings. The van der Waals surface area contributed by atoms with Gasteiger partial charge in [0.05, 0.1) is 16.8 Å². The van der Waals surface area contributed by atoms with Crippen LogP contribution in [0.3, 0.4) is 0 Å². The zero-order valence-corrected chi connectivity index (χ0v) is 13.4. The highest BCUT2D eigenvalue weighted by Gasteiger charge is 2.20. The number of nitrogens with two attached hydrogens (primary N) is 1. The average Bonchev–Trinajstić information content (AvgIpc) is 2.40. The highest BCUT2D eigenvalue weighted by atomic mass is 35.5. The van der Waals surface area contributed by atoms with Crippen LogP contribution in [-0.2, 0) is 4.79 Å². The van der Waals surface area contributed by atoms with E-state index in [-0.39, 0.29) is 11.9 Å². The van der Waals surface area contributed by atoms with Gasteiger partial charge in [-0.25, -0.2) is 0 Å². The first-order valence-corrected chi connectivity index (χ1v) is 7.29. The Morgan fingerprint density at radius 3 is 2.65 bits per heavy atom. The van der Waals surface area contributed by atoms with Gasteiger partial charge in [-0.05, 0) is 38.1 Å². The molecule has 0 aliphatic rings. The molecule has 1 amide bonds. The maximum Gasteiger partial charge on any atom is 0.241 e. The van der Waals surface area contributed by atoms with Gasteiger partial charge in [0.25, 0.3) is 0 Å². The molecule has 0 aromatic heterocycles. The molecule has 112 valence electrons. The molecule has 0 saturated heterocycles. The number of nitrogen functional groups attached to an aromatic ring is 1. The maximum absolute atomic E-state index is 12.2. The van der Waals surface area contributed by atoms with Crippen molar-refractivity contribution in [2.24, 2.45) is 5.92 Å². The van der Waals surface area contributed by atoms with E-state index in [1.807, 2.05) is 14.0 Å². The zero-order valence-electron chi connectivity index (χ0n) is 12.6. The Morgan fingerprint density at radius 1 is 1.45 bits per heavy atom. The summed E-state index contributed by atoms with van der Waals surface area (Å²) in [4.78, 5) is 14.3. The van der Waals surface area contributed by atoms with E-state index < -0.39 is 0 Å². The number of hydrogen-bond acceptors (Lipinski definition) is 3. The van der Waals surface area contributed by atoms with Crippen LogP contribution in [0.4, 0.5) is 11.4 Å². The fourth-order valence-corrected chi connectivity index (χ4v) is 2.09. The predicted molar refractivity (Wildman–Crippen MR) is 86.0 cm³/mol. The lowest BCUT2D eigenvalue weighted by molar-refractivity contribution is -0.120. The van der Waals surface area contributed by atoms with E-state index in [2.05, 4.69) is 24.1 Å². The number of anilines is 2. The number of nitrogens with zero attached hydrogens (tertiary/aromatic N) is 1. The number of rotatable bonds is 6. The minimum Gasteiger partial charge on any atom is -0.399 e. The molecule has 0 spiro atoms. The van der Waals surface area contributed by atoms with Crippen LogP contribution >= 0.6 is 11.6 Å². The Hall–Kier alpha value is -1.26. The number of benzene rings is 1. The van der Waals surface area contributed by atoms with Crippen molar-refractivity contribution in [1.82, 2.24) is 4.90 Å². The van der Waals surface area contributed by atoms with E-state index in [0.717, 1.165) is 13.0 Å². The summed E-state index contributed by atoms with van der Waals surface area (Å²) < 4.78 is 0. The second-order valence-electron chi connectivity index (χ2n) is 5.36. The molecule has 0 saturated carbocycles. The van der Waals surface area contributed by atoms with Gasteiger partial charge in [0, 0.05) is 12.2 Å². The molecular formula is C15H24ClN3O. The summed E-state index contributed by atoms with van der Waals surface area (Å²) in [5.74, 6) is 0.498. The van der Waals surface area contributed by atoms with Crippen molar-refractivity contribution in [1.29, 1.82) is 0 Å². The number of amides is 1. The molecular weight excluding hydrogens is 274 g/mol. The van der Waals surface area contributed by atoms with Crippen LogP contribution in [0.25, 0.3) is 0 Å². The minimum atomic E-state index is -0.211. The van der Waals surface area contributed by atoms with Crippen molar-refractivity contribution in [2.75, 3.05) is 24.6 Å². The van der Waals surface area contributed by atoms with E-state index in [0.29, 0.717) is 22.3 Å². The number of halogens is 1. The quantitative estimate of drug-likeness (QED) is 0.793. The summed E-state index contributed by atoms with van der Waals surface area (Å²) in [6.07, 6.45) is 1.10. The number of hydrogen-bond donors (Lipinski definition) is 2. The number of nitrogens with one attached hydrogen (secondary N) is 1. The standard InChI is InChI=1S/C15H24ClN3O/c1-5-10(2)9-19(4)11(3)15(20)18-14-7-6-12(17)8-13(14)16/h6-8,10-11H,5,9,17H2,1-4H3,(H,18,20). The molecule has 1 aromatic carbocycles. The smallest absolute Gasteiger partial charge is 0.241 e. The third kappa shape index (κ3) is 4.69. The summed E-state index contributed by atoms with van der Waals surface area (Å²) in [7, 11) is 1.96. The minimum absolute atomic E-state index is 0.0672. The third-order valence-corrected chi connectivity index (χ3v) is 3.90. The van der Waals surface area contributed by atoms with Crippen molar-refractivity contribution >= 4 is 28.9 Å². The number of carbonyl (C=O) groups excluding carboxylic acids is 1. The van der Waals surface area contributed by atoms with Crippen LogP contribution in [0.2, 0.25) is 5.02 Å². The monoisotopic (exact) mass is 297 g/mol. The van der Waals surface area contributed by atoms with E-state index in [1.165, 1.54) is 0 Å². The van der Waals surface area contributed by atoms with Crippen LogP contribution in [0.5, 0.6) is 0 Å². The first-order valence-electron chi connectivity index (χ1n) is 6.91. The van der Waals surface area contributed by atoms with Crippen molar-refractivity contribution in [3.63, 3.8) is 0 Å². The maximum atomic E-state index is 12.2. The fraction of sp³-hybridized carbons (Fsp3) is 0.533. The number of likely N-dealkylation sites (N-methyl/N-ethyl adjacent to an activating group) is 1. The van der Waals surface area contributed by atoms with E-state index in [1.54, 1.807) is 18.2 Å². The molecule has 3 N–H and O–H groups in total. The lowest BCUT2D eigenvalue weighted by Crippen LogP contribution is -2.41. The first kappa shape index (κ1) is 16.8. The molecule has 1 rings (SSSR count). The highest BCUT2D eigenvalue weighted by Crippen LogP contribution is 2.24. The van der Waals surface area contributed by atoms with Crippen LogP contribution < -0.4 is 11.1 Å². The second kappa shape index (κ2) is 7.50. The van der Waals surface area contributed by atoms with Crippen LogP contribution in [0.15, 0.2) is 18.2 Å². The van der Waals surface area contributed by atoms with Gasteiger partial charge in [-0.1, -0.05) is 31.9 Å². The molecule has 0 radical (unpaired) electrons. The largest absolute Gasteiger partial charge is 0.399 e. The summed E-state index contributed by atoms with van der Waals surface area (Å²) >= 11 is 6.06. The van der Waals surface area contributed by atoms with Crippen LogP contribution in [-0.4, -0.2) is 30.4 Å². The molecule has 4 nitrogen and oxygen atoms in total. The highest BCUT2D eigenvalue weighted by molar-refractivity contribution is 6.34. The van der Waals surface area contributed by atoms with Crippen molar-refractivity contribution in [3.8, 4) is 0 Å². The van der Waals surface area contributed by atoms with Gasteiger partial charge < -0.3 is 11.1 Å². The molecule has 0 heterocycles. The fourth-order valence-electron chi connectivity index (χ4n) is 1.85. The van der Waals surface area contributed by atoms with Gasteiger partial charge in [-0.2, -0.15) is 0 Å². The van der Waals surface area contributed by atoms with E-state index in [9.17, 15) is 4.79 Å². The molecule has 20 heavy (non-hydrogen) atoms. The predicted octanol–water partition coefficient (Wildman–Crippen LogP) is 3.23. The average molecular weight is 298 g/mol. The SMILES string of the molecule is CCC(C)CN(C)C(C)C(=O)Nc1ccc(N)cc1Cl. The van der Waals surface area contributed by atoms with Gasteiger partial charge in [0.1, 0.15) is 0 Å². The molecule has 1 aromatic rings. The summed E-state index contributed by atoms with van der Waals surface area (Å²) in [5, 5.41) is 3.30. The van der Waals surface area contributed by atoms with Gasteiger partial charge in [0.15, 0.2) is 0 Å². The molecule has 2 unspecified atom stereocenters. The molecule has 0 bridgehead atoms. The Kier molecular flexibility index (Phi) is 6.30. The second-order valence-corrected chi connectivity index (χ2v) is 5.76. The van der Waals surface area contributed by atoms with Crippen molar-refractivity contribution in [2.45, 2.75) is 33.2 Å². The summed E-state index contributed by atoms with van der Waals surface area (Å²) in [6, 6.07) is 4.86. The first-order chi connectivity index (χ1) is 9.35. The Labute approximate surface area is 126 Å². The van der Waals surface area contributed by atoms with E-state index >= 15 is 0 Å². The van der Waals surface area contributed by atoms with Crippen LogP contribution in [0, 0.1) is 5.92 Å². The lowest BCUT2D eigenvalue weighted by atomic mass is 10.1. The van der Waals surface area contributed by atoms with Crippen molar-refractivity contribution < 1.29 is 4.79 Å². The Balaban J connectivity index is 2.65. The molecule has 5 heteroatoms. The van der Waals surface area contributed by atoms with Gasteiger partial charge in [-0.15, -0.1) is 0 Å². The zero-order chi connectivity index (χ0) is 15.3. The Bertz CT molecular complexity index is 464. The van der Waals surface area contributed by atoms with Gasteiger partial charge >= 0.3 is 0 Å².